The van der Waals surface area contributed by atoms with Crippen molar-refractivity contribution in [1.82, 2.24) is 4.90 Å². The summed E-state index contributed by atoms with van der Waals surface area (Å²) in [6.07, 6.45) is 0. The minimum atomic E-state index is -0.115. The molecule has 1 unspecified atom stereocenters. The zero-order chi connectivity index (χ0) is 19.6. The number of anilines is 1. The predicted molar refractivity (Wildman–Crippen MR) is 106 cm³/mol. The summed E-state index contributed by atoms with van der Waals surface area (Å²) in [4.78, 5) is 27.4. The van der Waals surface area contributed by atoms with E-state index in [1.54, 1.807) is 43.3 Å². The number of ether oxygens (including phenoxy) is 1. The fourth-order valence-corrected chi connectivity index (χ4v) is 2.71. The van der Waals surface area contributed by atoms with Crippen molar-refractivity contribution in [2.45, 2.75) is 13.5 Å². The molecule has 0 aliphatic carbocycles. The van der Waals surface area contributed by atoms with Crippen LogP contribution in [0.3, 0.4) is 0 Å². The summed E-state index contributed by atoms with van der Waals surface area (Å²) in [5.74, 6) is 0.643. The fraction of sp³-hybridized carbons (Fsp3) is 0.333. The number of likely N-dealkylation sites (N-methyl/N-ethyl adjacent to an activating group) is 2. The van der Waals surface area contributed by atoms with Gasteiger partial charge in [-0.15, -0.1) is 0 Å². The maximum atomic E-state index is 12.5. The van der Waals surface area contributed by atoms with Gasteiger partial charge in [0.25, 0.3) is 11.8 Å². The van der Waals surface area contributed by atoms with Gasteiger partial charge in [0.15, 0.2) is 13.1 Å². The number of nitrogens with one attached hydrogen (secondary N) is 2. The van der Waals surface area contributed by atoms with E-state index in [0.717, 1.165) is 16.2 Å². The van der Waals surface area contributed by atoms with Crippen molar-refractivity contribution in [1.29, 1.82) is 0 Å². The maximum absolute atomic E-state index is 12.5. The lowest BCUT2D eigenvalue weighted by Gasteiger charge is -2.21. The van der Waals surface area contributed by atoms with Crippen molar-refractivity contribution < 1.29 is 19.2 Å². The van der Waals surface area contributed by atoms with Crippen molar-refractivity contribution in [2.75, 3.05) is 39.1 Å². The summed E-state index contributed by atoms with van der Waals surface area (Å²) in [5.41, 5.74) is 1.80. The van der Waals surface area contributed by atoms with Gasteiger partial charge >= 0.3 is 0 Å². The van der Waals surface area contributed by atoms with Gasteiger partial charge in [-0.2, -0.15) is 0 Å². The molecule has 2 rings (SSSR count). The van der Waals surface area contributed by atoms with Crippen LogP contribution < -0.4 is 15.0 Å². The highest BCUT2D eigenvalue weighted by atomic mass is 16.5. The Morgan fingerprint density at radius 3 is 2.30 bits per heavy atom. The number of carbonyl (C=O) groups is 2. The van der Waals surface area contributed by atoms with E-state index in [1.807, 2.05) is 37.3 Å². The molecule has 0 aliphatic heterocycles. The highest BCUT2D eigenvalue weighted by molar-refractivity contribution is 5.91. The quantitative estimate of drug-likeness (QED) is 0.697. The topological polar surface area (TPSA) is 63.1 Å². The Labute approximate surface area is 160 Å². The lowest BCUT2D eigenvalue weighted by molar-refractivity contribution is -0.882. The smallest absolute Gasteiger partial charge is 0.279 e. The number of quaternary nitrogens is 1. The molecule has 6 nitrogen and oxygen atoms in total. The molecule has 1 atom stereocenters. The molecule has 6 heteroatoms. The Morgan fingerprint density at radius 2 is 1.70 bits per heavy atom. The zero-order valence-corrected chi connectivity index (χ0v) is 16.2. The molecule has 0 bridgehead atoms. The van der Waals surface area contributed by atoms with Gasteiger partial charge in [0, 0.05) is 19.3 Å². The first-order valence-corrected chi connectivity index (χ1v) is 9.07. The van der Waals surface area contributed by atoms with Crippen LogP contribution in [0.4, 0.5) is 5.69 Å². The molecule has 0 spiro atoms. The molecule has 27 heavy (non-hydrogen) atoms. The first-order chi connectivity index (χ1) is 13.0. The molecular weight excluding hydrogens is 342 g/mol. The van der Waals surface area contributed by atoms with E-state index in [-0.39, 0.29) is 24.9 Å². The first-order valence-electron chi connectivity index (χ1n) is 9.07. The number of methoxy groups -OCH3 is 1. The summed E-state index contributed by atoms with van der Waals surface area (Å²) in [6.45, 7) is 3.76. The molecule has 0 saturated carbocycles. The third-order valence-electron chi connectivity index (χ3n) is 4.37. The van der Waals surface area contributed by atoms with Crippen LogP contribution in [0.2, 0.25) is 0 Å². The normalized spacial score (nSPS) is 11.5. The molecule has 0 heterocycles. The number of amides is 2. The molecule has 0 saturated heterocycles. The van der Waals surface area contributed by atoms with Crippen LogP contribution in [0.25, 0.3) is 0 Å². The van der Waals surface area contributed by atoms with Crippen molar-refractivity contribution in [3.05, 3.63) is 60.2 Å². The Bertz CT molecular complexity index is 732. The van der Waals surface area contributed by atoms with E-state index in [2.05, 4.69) is 5.32 Å². The molecule has 2 aromatic carbocycles. The van der Waals surface area contributed by atoms with Crippen LogP contribution in [-0.4, -0.2) is 50.5 Å². The number of hydrogen-bond acceptors (Lipinski definition) is 3. The van der Waals surface area contributed by atoms with Crippen LogP contribution >= 0.6 is 0 Å². The van der Waals surface area contributed by atoms with Crippen LogP contribution in [0, 0.1) is 0 Å². The zero-order valence-electron chi connectivity index (χ0n) is 16.2. The summed E-state index contributed by atoms with van der Waals surface area (Å²) in [7, 11) is 3.39. The van der Waals surface area contributed by atoms with Crippen LogP contribution in [0.5, 0.6) is 5.75 Å². The van der Waals surface area contributed by atoms with Crippen molar-refractivity contribution >= 4 is 17.5 Å². The van der Waals surface area contributed by atoms with E-state index in [0.29, 0.717) is 18.8 Å². The summed E-state index contributed by atoms with van der Waals surface area (Å²) >= 11 is 0. The molecule has 0 aromatic heterocycles. The second kappa shape index (κ2) is 10.3. The maximum Gasteiger partial charge on any atom is 0.279 e. The molecule has 0 fully saturated rings. The molecular formula is C21H28N3O3+. The van der Waals surface area contributed by atoms with Crippen LogP contribution in [0.1, 0.15) is 12.5 Å². The van der Waals surface area contributed by atoms with E-state index >= 15 is 0 Å². The summed E-state index contributed by atoms with van der Waals surface area (Å²) in [5, 5.41) is 2.86. The number of hydrogen-bond donors (Lipinski definition) is 2. The Balaban J connectivity index is 1.84. The van der Waals surface area contributed by atoms with Gasteiger partial charge in [-0.3, -0.25) is 9.59 Å². The van der Waals surface area contributed by atoms with Gasteiger partial charge in [-0.1, -0.05) is 30.3 Å². The molecule has 2 aromatic rings. The number of nitrogens with zero attached hydrogens (tertiary/aromatic N) is 1. The van der Waals surface area contributed by atoms with E-state index in [9.17, 15) is 9.59 Å². The van der Waals surface area contributed by atoms with Crippen LogP contribution in [0.15, 0.2) is 54.6 Å². The minimum Gasteiger partial charge on any atom is -0.497 e. The fourth-order valence-electron chi connectivity index (χ4n) is 2.71. The third-order valence-corrected chi connectivity index (χ3v) is 4.37. The Morgan fingerprint density at radius 1 is 1.04 bits per heavy atom. The Kier molecular flexibility index (Phi) is 7.82. The summed E-state index contributed by atoms with van der Waals surface area (Å²) in [6, 6.07) is 17.0. The molecule has 0 aliphatic rings. The van der Waals surface area contributed by atoms with Crippen molar-refractivity contribution in [3.8, 4) is 5.75 Å². The average Bonchev–Trinajstić information content (AvgIpc) is 2.68. The lowest BCUT2D eigenvalue weighted by Crippen LogP contribution is -3.13. The van der Waals surface area contributed by atoms with Gasteiger partial charge in [-0.25, -0.2) is 0 Å². The summed E-state index contributed by atoms with van der Waals surface area (Å²) < 4.78 is 5.11. The van der Waals surface area contributed by atoms with Gasteiger partial charge < -0.3 is 19.9 Å². The molecule has 2 N–H and O–H groups in total. The van der Waals surface area contributed by atoms with E-state index in [1.165, 1.54) is 0 Å². The van der Waals surface area contributed by atoms with Gasteiger partial charge in [0.1, 0.15) is 5.75 Å². The second-order valence-electron chi connectivity index (χ2n) is 6.47. The number of rotatable bonds is 9. The molecule has 0 radical (unpaired) electrons. The van der Waals surface area contributed by atoms with E-state index < -0.39 is 0 Å². The van der Waals surface area contributed by atoms with Crippen molar-refractivity contribution in [3.63, 3.8) is 0 Å². The van der Waals surface area contributed by atoms with E-state index in [4.69, 9.17) is 4.74 Å². The van der Waals surface area contributed by atoms with Crippen LogP contribution in [-0.2, 0) is 16.1 Å². The second-order valence-corrected chi connectivity index (χ2v) is 6.47. The standard InChI is InChI=1S/C21H27N3O3/c1-4-24(15-20(25)22-18-10-12-19(27-3)13-11-18)16-21(26)23(2)14-17-8-6-5-7-9-17/h5-13H,4,14-16H2,1-3H3,(H,22,25)/p+1. The SMILES string of the molecule is CC[NH+](CC(=O)Nc1ccc(OC)cc1)CC(=O)N(C)Cc1ccccc1. The number of benzene rings is 2. The largest absolute Gasteiger partial charge is 0.497 e. The van der Waals surface area contributed by atoms with Gasteiger partial charge in [-0.05, 0) is 36.8 Å². The van der Waals surface area contributed by atoms with Gasteiger partial charge in [0.2, 0.25) is 0 Å². The highest BCUT2D eigenvalue weighted by Gasteiger charge is 2.19. The minimum absolute atomic E-state index is 0.0213. The lowest BCUT2D eigenvalue weighted by atomic mass is 10.2. The molecule has 2 amide bonds. The monoisotopic (exact) mass is 370 g/mol. The van der Waals surface area contributed by atoms with Gasteiger partial charge in [0.05, 0.1) is 13.7 Å². The first kappa shape index (κ1) is 20.5. The molecule has 144 valence electrons. The third kappa shape index (κ3) is 6.75. The predicted octanol–water partition coefficient (Wildman–Crippen LogP) is 1.20. The Hall–Kier alpha value is -2.86. The highest BCUT2D eigenvalue weighted by Crippen LogP contribution is 2.14. The van der Waals surface area contributed by atoms with Crippen molar-refractivity contribution in [2.24, 2.45) is 0 Å². The number of carbonyl (C=O) groups excluding carboxylic acids is 2. The average molecular weight is 370 g/mol.